The molecule has 1 rings (SSSR count). The molecule has 0 saturated heterocycles. The summed E-state index contributed by atoms with van der Waals surface area (Å²) in [6.45, 7) is 9.14. The molecule has 1 unspecified atom stereocenters. The van der Waals surface area contributed by atoms with E-state index in [0.29, 0.717) is 13.2 Å². The molecule has 5 heteroatoms. The number of nitriles is 1. The average molecular weight is 329 g/mol. The van der Waals surface area contributed by atoms with E-state index in [0.717, 1.165) is 29.7 Å². The molecule has 1 aromatic carbocycles. The van der Waals surface area contributed by atoms with Gasteiger partial charge in [0.2, 0.25) is 0 Å². The van der Waals surface area contributed by atoms with Crippen molar-refractivity contribution in [2.75, 3.05) is 13.2 Å². The third-order valence-electron chi connectivity index (χ3n) is 3.59. The summed E-state index contributed by atoms with van der Waals surface area (Å²) in [5.41, 5.74) is 2.20. The molecule has 0 radical (unpaired) electrons. The van der Waals surface area contributed by atoms with Crippen LogP contribution in [0.2, 0.25) is 0 Å². The van der Waals surface area contributed by atoms with Gasteiger partial charge in [-0.1, -0.05) is 31.0 Å². The zero-order chi connectivity index (χ0) is 17.9. The van der Waals surface area contributed by atoms with Gasteiger partial charge in [0.05, 0.1) is 12.6 Å². The second-order valence-corrected chi connectivity index (χ2v) is 5.64. The van der Waals surface area contributed by atoms with Crippen LogP contribution in [0.1, 0.15) is 50.8 Å². The molecule has 0 saturated carbocycles. The van der Waals surface area contributed by atoms with Crippen molar-refractivity contribution in [2.24, 2.45) is 0 Å². The highest BCUT2D eigenvalue weighted by molar-refractivity contribution is 5.97. The maximum absolute atomic E-state index is 12.0. The van der Waals surface area contributed by atoms with E-state index in [9.17, 15) is 10.1 Å². The Kier molecular flexibility index (Phi) is 8.42. The topological polar surface area (TPSA) is 74.2 Å². The molecule has 0 bridgehead atoms. The van der Waals surface area contributed by atoms with E-state index in [4.69, 9.17) is 4.74 Å². The maximum atomic E-state index is 12.0. The Hall–Kier alpha value is -2.48. The number of rotatable bonds is 9. The number of unbranched alkanes of at least 4 members (excludes halogenated alkanes) is 1. The summed E-state index contributed by atoms with van der Waals surface area (Å²) in [6, 6.07) is 7.84. The van der Waals surface area contributed by atoms with Crippen LogP contribution < -0.4 is 15.4 Å². The average Bonchev–Trinajstić information content (AvgIpc) is 2.57. The minimum Gasteiger partial charge on any atom is -0.494 e. The first-order chi connectivity index (χ1) is 11.5. The van der Waals surface area contributed by atoms with Crippen LogP contribution in [0.4, 0.5) is 0 Å². The van der Waals surface area contributed by atoms with Gasteiger partial charge in [-0.15, -0.1) is 0 Å². The first-order valence-electron chi connectivity index (χ1n) is 8.41. The molecule has 130 valence electrons. The summed E-state index contributed by atoms with van der Waals surface area (Å²) in [6.07, 6.45) is 3.37. The Labute approximate surface area is 144 Å². The third kappa shape index (κ3) is 5.96. The summed E-state index contributed by atoms with van der Waals surface area (Å²) in [4.78, 5) is 12.0. The minimum absolute atomic E-state index is 0.0727. The van der Waals surface area contributed by atoms with Crippen molar-refractivity contribution < 1.29 is 9.53 Å². The highest BCUT2D eigenvalue weighted by Gasteiger charge is 2.13. The monoisotopic (exact) mass is 329 g/mol. The summed E-state index contributed by atoms with van der Waals surface area (Å²) in [7, 11) is 0. The number of nitrogens with zero attached hydrogens (tertiary/aromatic N) is 1. The van der Waals surface area contributed by atoms with E-state index in [-0.39, 0.29) is 17.5 Å². The molecule has 0 aliphatic carbocycles. The Bertz CT molecular complexity index is 618. The van der Waals surface area contributed by atoms with Gasteiger partial charge in [0, 0.05) is 18.3 Å². The smallest absolute Gasteiger partial charge is 0.263 e. The fourth-order valence-corrected chi connectivity index (χ4v) is 2.21. The van der Waals surface area contributed by atoms with Gasteiger partial charge in [0.1, 0.15) is 17.4 Å². The van der Waals surface area contributed by atoms with E-state index in [1.54, 1.807) is 0 Å². The number of hydrogen-bond donors (Lipinski definition) is 2. The van der Waals surface area contributed by atoms with Crippen LogP contribution in [0.5, 0.6) is 5.75 Å². The van der Waals surface area contributed by atoms with Crippen LogP contribution in [0.25, 0.3) is 0 Å². The van der Waals surface area contributed by atoms with E-state index < -0.39 is 0 Å². The number of hydrogen-bond acceptors (Lipinski definition) is 4. The van der Waals surface area contributed by atoms with Gasteiger partial charge in [-0.2, -0.15) is 5.26 Å². The molecule has 0 aromatic heterocycles. The van der Waals surface area contributed by atoms with E-state index in [1.807, 2.05) is 52.0 Å². The molecular formula is C19H27N3O2. The van der Waals surface area contributed by atoms with Crippen molar-refractivity contribution >= 4 is 5.91 Å². The van der Waals surface area contributed by atoms with E-state index >= 15 is 0 Å². The van der Waals surface area contributed by atoms with E-state index in [1.165, 1.54) is 6.20 Å². The van der Waals surface area contributed by atoms with Crippen LogP contribution in [-0.2, 0) is 4.79 Å². The number of aryl methyl sites for hydroxylation is 1. The zero-order valence-corrected chi connectivity index (χ0v) is 15.0. The molecule has 0 fully saturated rings. The van der Waals surface area contributed by atoms with Gasteiger partial charge < -0.3 is 15.4 Å². The van der Waals surface area contributed by atoms with Crippen LogP contribution in [0.3, 0.4) is 0 Å². The van der Waals surface area contributed by atoms with Gasteiger partial charge in [-0.05, 0) is 33.3 Å². The second-order valence-electron chi connectivity index (χ2n) is 5.64. The van der Waals surface area contributed by atoms with Crippen LogP contribution in [0.15, 0.2) is 30.0 Å². The van der Waals surface area contributed by atoms with Gasteiger partial charge >= 0.3 is 0 Å². The van der Waals surface area contributed by atoms with Crippen molar-refractivity contribution in [3.63, 3.8) is 0 Å². The lowest BCUT2D eigenvalue weighted by Gasteiger charge is -2.18. The maximum Gasteiger partial charge on any atom is 0.263 e. The first kappa shape index (κ1) is 19.6. The predicted octanol–water partition coefficient (Wildman–Crippen LogP) is 3.37. The molecule has 5 nitrogen and oxygen atoms in total. The molecule has 1 amide bonds. The highest BCUT2D eigenvalue weighted by Crippen LogP contribution is 2.26. The highest BCUT2D eigenvalue weighted by atomic mass is 16.5. The van der Waals surface area contributed by atoms with Crippen molar-refractivity contribution in [3.8, 4) is 11.8 Å². The van der Waals surface area contributed by atoms with Crippen molar-refractivity contribution in [1.82, 2.24) is 10.6 Å². The Balaban J connectivity index is 2.82. The number of carbonyl (C=O) groups is 1. The first-order valence-corrected chi connectivity index (χ1v) is 8.41. The third-order valence-corrected chi connectivity index (χ3v) is 3.59. The Morgan fingerprint density at radius 3 is 2.79 bits per heavy atom. The summed E-state index contributed by atoms with van der Waals surface area (Å²) >= 11 is 0. The molecule has 2 N–H and O–H groups in total. The fraction of sp³-hybridized carbons (Fsp3) is 0.474. The quantitative estimate of drug-likeness (QED) is 0.414. The van der Waals surface area contributed by atoms with Crippen LogP contribution in [0, 0.1) is 18.3 Å². The molecule has 0 heterocycles. The summed E-state index contributed by atoms with van der Waals surface area (Å²) in [5, 5.41) is 15.0. The van der Waals surface area contributed by atoms with Crippen molar-refractivity contribution in [2.45, 2.75) is 46.6 Å². The van der Waals surface area contributed by atoms with E-state index in [2.05, 4.69) is 10.6 Å². The Morgan fingerprint density at radius 2 is 2.17 bits per heavy atom. The molecule has 1 atom stereocenters. The molecule has 1 aromatic rings. The number of ether oxygens (including phenoxy) is 1. The van der Waals surface area contributed by atoms with Gasteiger partial charge in [-0.25, -0.2) is 0 Å². The fourth-order valence-electron chi connectivity index (χ4n) is 2.21. The lowest BCUT2D eigenvalue weighted by molar-refractivity contribution is -0.117. The molecular weight excluding hydrogens is 302 g/mol. The number of amides is 1. The molecule has 24 heavy (non-hydrogen) atoms. The number of carbonyl (C=O) groups excluding carboxylic acids is 1. The predicted molar refractivity (Wildman–Crippen MR) is 95.5 cm³/mol. The molecule has 0 spiro atoms. The number of benzene rings is 1. The molecule has 0 aliphatic rings. The van der Waals surface area contributed by atoms with Crippen LogP contribution >= 0.6 is 0 Å². The van der Waals surface area contributed by atoms with Crippen LogP contribution in [-0.4, -0.2) is 19.1 Å². The normalized spacial score (nSPS) is 12.2. The van der Waals surface area contributed by atoms with Gasteiger partial charge in [0.15, 0.2) is 0 Å². The second kappa shape index (κ2) is 10.3. The van der Waals surface area contributed by atoms with Crippen molar-refractivity contribution in [1.29, 1.82) is 5.26 Å². The van der Waals surface area contributed by atoms with Gasteiger partial charge in [-0.3, -0.25) is 4.79 Å². The van der Waals surface area contributed by atoms with Crippen molar-refractivity contribution in [3.05, 3.63) is 41.1 Å². The summed E-state index contributed by atoms with van der Waals surface area (Å²) in [5.74, 6) is 0.460. The lowest BCUT2D eigenvalue weighted by Crippen LogP contribution is -2.27. The lowest BCUT2D eigenvalue weighted by atomic mass is 10.0. The SMILES string of the molecule is CCCCNC(=O)/C(C#N)=C\NC(C)c1cc(C)ccc1OCC. The standard InChI is InChI=1S/C19H27N3O2/c1-5-7-10-21-19(23)16(12-20)13-22-15(4)17-11-14(3)8-9-18(17)24-6-2/h8-9,11,13,15,22H,5-7,10H2,1-4H3,(H,21,23)/b16-13-. The van der Waals surface area contributed by atoms with Gasteiger partial charge in [0.25, 0.3) is 5.91 Å². The zero-order valence-electron chi connectivity index (χ0n) is 15.0. The number of nitrogens with one attached hydrogen (secondary N) is 2. The molecule has 0 aliphatic heterocycles. The Morgan fingerprint density at radius 1 is 1.42 bits per heavy atom. The largest absolute Gasteiger partial charge is 0.494 e. The minimum atomic E-state index is -0.347. The summed E-state index contributed by atoms with van der Waals surface area (Å²) < 4.78 is 5.65.